The van der Waals surface area contributed by atoms with Crippen LogP contribution in [-0.4, -0.2) is 38.4 Å². The Morgan fingerprint density at radius 2 is 2.00 bits per heavy atom. The molecular formula is C19H22N2O4. The maximum absolute atomic E-state index is 11.8. The van der Waals surface area contributed by atoms with Crippen molar-refractivity contribution < 1.29 is 19.0 Å². The maximum Gasteiger partial charge on any atom is 0.315 e. The van der Waals surface area contributed by atoms with Crippen LogP contribution < -0.4 is 24.8 Å². The van der Waals surface area contributed by atoms with Gasteiger partial charge in [-0.15, -0.1) is 0 Å². The molecule has 0 unspecified atom stereocenters. The standard InChI is InChI=1S/C19H22N2O4/c1-14-5-4-6-15(11-14)23-10-9-20-19(22)21-12-16-13-24-17-7-2-3-8-18(17)25-16/h2-8,11,16H,9-10,12-13H2,1H3,(H2,20,21,22)/t16-/m1/s1. The summed E-state index contributed by atoms with van der Waals surface area (Å²) in [6.45, 7) is 3.62. The van der Waals surface area contributed by atoms with Crippen molar-refractivity contribution in [1.29, 1.82) is 0 Å². The van der Waals surface area contributed by atoms with Gasteiger partial charge in [-0.3, -0.25) is 0 Å². The highest BCUT2D eigenvalue weighted by molar-refractivity contribution is 5.73. The van der Waals surface area contributed by atoms with Crippen LogP contribution in [0.4, 0.5) is 4.79 Å². The smallest absolute Gasteiger partial charge is 0.315 e. The SMILES string of the molecule is Cc1cccc(OCCNC(=O)NC[C@@H]2COc3ccccc3O2)c1. The summed E-state index contributed by atoms with van der Waals surface area (Å²) >= 11 is 0. The van der Waals surface area contributed by atoms with Crippen molar-refractivity contribution in [2.45, 2.75) is 13.0 Å². The molecule has 2 aromatic carbocycles. The van der Waals surface area contributed by atoms with E-state index in [1.807, 2.05) is 55.5 Å². The molecule has 6 heteroatoms. The maximum atomic E-state index is 11.8. The van der Waals surface area contributed by atoms with Crippen molar-refractivity contribution >= 4 is 6.03 Å². The molecule has 6 nitrogen and oxygen atoms in total. The molecule has 1 aliphatic heterocycles. The molecule has 0 saturated carbocycles. The number of amides is 2. The summed E-state index contributed by atoms with van der Waals surface area (Å²) in [5.41, 5.74) is 1.14. The first-order valence-electron chi connectivity index (χ1n) is 8.30. The number of benzene rings is 2. The summed E-state index contributed by atoms with van der Waals surface area (Å²) in [4.78, 5) is 11.8. The Kier molecular flexibility index (Phi) is 5.61. The van der Waals surface area contributed by atoms with Gasteiger partial charge in [0, 0.05) is 0 Å². The third-order valence-corrected chi connectivity index (χ3v) is 3.70. The van der Waals surface area contributed by atoms with Crippen molar-refractivity contribution in [2.75, 3.05) is 26.3 Å². The number of carbonyl (C=O) groups is 1. The molecule has 0 aliphatic carbocycles. The van der Waals surface area contributed by atoms with E-state index in [0.29, 0.717) is 32.1 Å². The van der Waals surface area contributed by atoms with Gasteiger partial charge in [-0.25, -0.2) is 4.79 Å². The van der Waals surface area contributed by atoms with Crippen LogP contribution in [0.5, 0.6) is 17.2 Å². The molecule has 1 heterocycles. The van der Waals surface area contributed by atoms with E-state index in [1.54, 1.807) is 0 Å². The third-order valence-electron chi connectivity index (χ3n) is 3.70. The largest absolute Gasteiger partial charge is 0.492 e. The monoisotopic (exact) mass is 342 g/mol. The lowest BCUT2D eigenvalue weighted by atomic mass is 10.2. The Morgan fingerprint density at radius 3 is 2.84 bits per heavy atom. The fourth-order valence-corrected chi connectivity index (χ4v) is 2.47. The summed E-state index contributed by atoms with van der Waals surface area (Å²) in [7, 11) is 0. The van der Waals surface area contributed by atoms with E-state index in [2.05, 4.69) is 10.6 Å². The minimum Gasteiger partial charge on any atom is -0.492 e. The van der Waals surface area contributed by atoms with E-state index in [1.165, 1.54) is 0 Å². The molecule has 2 aromatic rings. The van der Waals surface area contributed by atoms with E-state index < -0.39 is 0 Å². The first-order valence-corrected chi connectivity index (χ1v) is 8.30. The zero-order valence-electron chi connectivity index (χ0n) is 14.2. The molecule has 0 spiro atoms. The van der Waals surface area contributed by atoms with E-state index >= 15 is 0 Å². The van der Waals surface area contributed by atoms with Crippen LogP contribution in [0.1, 0.15) is 5.56 Å². The van der Waals surface area contributed by atoms with Crippen molar-refractivity contribution in [3.05, 3.63) is 54.1 Å². The van der Waals surface area contributed by atoms with Gasteiger partial charge in [0.15, 0.2) is 17.6 Å². The number of hydrogen-bond donors (Lipinski definition) is 2. The molecule has 132 valence electrons. The van der Waals surface area contributed by atoms with Crippen molar-refractivity contribution in [3.63, 3.8) is 0 Å². The Morgan fingerprint density at radius 1 is 1.16 bits per heavy atom. The Bertz CT molecular complexity index is 720. The van der Waals surface area contributed by atoms with Gasteiger partial charge in [0.1, 0.15) is 19.0 Å². The second-order valence-corrected chi connectivity index (χ2v) is 5.80. The predicted octanol–water partition coefficient (Wildman–Crippen LogP) is 2.51. The number of para-hydroxylation sites is 2. The van der Waals surface area contributed by atoms with Gasteiger partial charge in [0.05, 0.1) is 13.1 Å². The van der Waals surface area contributed by atoms with Crippen molar-refractivity contribution in [1.82, 2.24) is 10.6 Å². The number of rotatable bonds is 6. The number of aryl methyl sites for hydroxylation is 1. The minimum atomic E-state index is -0.254. The van der Waals surface area contributed by atoms with E-state index in [4.69, 9.17) is 14.2 Å². The third kappa shape index (κ3) is 5.04. The Labute approximate surface area is 147 Å². The molecule has 0 radical (unpaired) electrons. The average Bonchev–Trinajstić information content (AvgIpc) is 2.63. The van der Waals surface area contributed by atoms with Gasteiger partial charge in [0.2, 0.25) is 0 Å². The molecule has 0 saturated heterocycles. The fourth-order valence-electron chi connectivity index (χ4n) is 2.47. The zero-order chi connectivity index (χ0) is 17.5. The minimum absolute atomic E-state index is 0.204. The molecule has 1 atom stereocenters. The lowest BCUT2D eigenvalue weighted by Gasteiger charge is -2.26. The van der Waals surface area contributed by atoms with Gasteiger partial charge in [-0.1, -0.05) is 24.3 Å². The first kappa shape index (κ1) is 17.0. The number of ether oxygens (including phenoxy) is 3. The molecular weight excluding hydrogens is 320 g/mol. The summed E-state index contributed by atoms with van der Waals surface area (Å²) in [5, 5.41) is 5.54. The van der Waals surface area contributed by atoms with Crippen LogP contribution in [0, 0.1) is 6.92 Å². The Hall–Kier alpha value is -2.89. The Balaban J connectivity index is 1.32. The number of urea groups is 1. The second-order valence-electron chi connectivity index (χ2n) is 5.80. The van der Waals surface area contributed by atoms with Crippen LogP contribution in [0.25, 0.3) is 0 Å². The normalized spacial score (nSPS) is 15.3. The van der Waals surface area contributed by atoms with E-state index in [-0.39, 0.29) is 12.1 Å². The lowest BCUT2D eigenvalue weighted by Crippen LogP contribution is -2.45. The number of carbonyl (C=O) groups excluding carboxylic acids is 1. The van der Waals surface area contributed by atoms with Gasteiger partial charge in [-0.05, 0) is 36.8 Å². The topological polar surface area (TPSA) is 68.8 Å². The molecule has 0 bridgehead atoms. The fraction of sp³-hybridized carbons (Fsp3) is 0.316. The lowest BCUT2D eigenvalue weighted by molar-refractivity contribution is 0.0918. The molecule has 2 N–H and O–H groups in total. The molecule has 1 aliphatic rings. The van der Waals surface area contributed by atoms with Crippen LogP contribution in [0.2, 0.25) is 0 Å². The number of hydrogen-bond acceptors (Lipinski definition) is 4. The quantitative estimate of drug-likeness (QED) is 0.792. The van der Waals surface area contributed by atoms with Gasteiger partial charge in [-0.2, -0.15) is 0 Å². The molecule has 0 aromatic heterocycles. The summed E-state index contributed by atoms with van der Waals surface area (Å²) in [6.07, 6.45) is -0.204. The average molecular weight is 342 g/mol. The summed E-state index contributed by atoms with van der Waals surface area (Å²) in [6, 6.07) is 15.0. The van der Waals surface area contributed by atoms with Crippen LogP contribution in [0.15, 0.2) is 48.5 Å². The van der Waals surface area contributed by atoms with Crippen molar-refractivity contribution in [2.24, 2.45) is 0 Å². The zero-order valence-corrected chi connectivity index (χ0v) is 14.2. The number of fused-ring (bicyclic) bond motifs is 1. The first-order chi connectivity index (χ1) is 12.2. The number of nitrogens with one attached hydrogen (secondary N) is 2. The van der Waals surface area contributed by atoms with Gasteiger partial charge < -0.3 is 24.8 Å². The highest BCUT2D eigenvalue weighted by Gasteiger charge is 2.20. The molecule has 0 fully saturated rings. The van der Waals surface area contributed by atoms with Gasteiger partial charge in [0.25, 0.3) is 0 Å². The molecule has 2 amide bonds. The highest BCUT2D eigenvalue weighted by Crippen LogP contribution is 2.30. The summed E-state index contributed by atoms with van der Waals surface area (Å²) < 4.78 is 17.0. The van der Waals surface area contributed by atoms with Gasteiger partial charge >= 0.3 is 6.03 Å². The van der Waals surface area contributed by atoms with E-state index in [9.17, 15) is 4.79 Å². The predicted molar refractivity (Wildman–Crippen MR) is 94.4 cm³/mol. The highest BCUT2D eigenvalue weighted by atomic mass is 16.6. The molecule has 25 heavy (non-hydrogen) atoms. The van der Waals surface area contributed by atoms with Crippen LogP contribution >= 0.6 is 0 Å². The molecule has 3 rings (SSSR count). The second kappa shape index (κ2) is 8.28. The van der Waals surface area contributed by atoms with Crippen LogP contribution in [0.3, 0.4) is 0 Å². The van der Waals surface area contributed by atoms with Crippen LogP contribution in [-0.2, 0) is 0 Å². The van der Waals surface area contributed by atoms with Crippen molar-refractivity contribution in [3.8, 4) is 17.2 Å². The summed E-state index contributed by atoms with van der Waals surface area (Å²) in [5.74, 6) is 2.23. The van der Waals surface area contributed by atoms with E-state index in [0.717, 1.165) is 17.1 Å².